The highest BCUT2D eigenvalue weighted by molar-refractivity contribution is 9.10. The molecule has 0 unspecified atom stereocenters. The summed E-state index contributed by atoms with van der Waals surface area (Å²) >= 11 is 3.38. The van der Waals surface area contributed by atoms with Crippen molar-refractivity contribution >= 4 is 39.5 Å². The molecule has 3 aromatic rings. The maximum atomic E-state index is 13.1. The number of nitrogens with one attached hydrogen (secondary N) is 2. The van der Waals surface area contributed by atoms with E-state index in [4.69, 9.17) is 9.47 Å². The Hall–Kier alpha value is -3.99. The number of hydrogen-bond acceptors (Lipinski definition) is 5. The zero-order valence-electron chi connectivity index (χ0n) is 17.7. The third-order valence-corrected chi connectivity index (χ3v) is 5.37. The molecule has 0 atom stereocenters. The molecule has 1 aliphatic rings. The number of carbonyl (C=O) groups excluding carboxylic acids is 2. The summed E-state index contributed by atoms with van der Waals surface area (Å²) in [6.07, 6.45) is -3.60. The van der Waals surface area contributed by atoms with E-state index in [2.05, 4.69) is 31.3 Å². The fourth-order valence-electron chi connectivity index (χ4n) is 3.11. The molecule has 0 saturated heterocycles. The van der Waals surface area contributed by atoms with Crippen molar-refractivity contribution in [3.63, 3.8) is 0 Å². The number of carbonyl (C=O) groups is 2. The lowest BCUT2D eigenvalue weighted by Crippen LogP contribution is -2.31. The van der Waals surface area contributed by atoms with E-state index in [0.717, 1.165) is 6.07 Å². The van der Waals surface area contributed by atoms with Gasteiger partial charge in [0, 0.05) is 10.0 Å². The van der Waals surface area contributed by atoms with Crippen LogP contribution in [0.5, 0.6) is 17.2 Å². The highest BCUT2D eigenvalue weighted by Crippen LogP contribution is 2.38. The molecule has 180 valence electrons. The number of hydrogen-bond donors (Lipinski definition) is 2. The van der Waals surface area contributed by atoms with Crippen molar-refractivity contribution in [2.45, 2.75) is 6.36 Å². The van der Waals surface area contributed by atoms with Crippen molar-refractivity contribution in [1.82, 2.24) is 5.32 Å². The molecule has 0 fully saturated rings. The van der Waals surface area contributed by atoms with Gasteiger partial charge in [-0.25, -0.2) is 0 Å². The summed E-state index contributed by atoms with van der Waals surface area (Å²) in [6, 6.07) is 16.4. The summed E-state index contributed by atoms with van der Waals surface area (Å²) in [6.45, 7) is 0.0308. The van der Waals surface area contributed by atoms with Gasteiger partial charge in [-0.05, 0) is 48.0 Å². The summed E-state index contributed by atoms with van der Waals surface area (Å²) in [5, 5.41) is 4.88. The van der Waals surface area contributed by atoms with Crippen LogP contribution < -0.4 is 24.8 Å². The molecule has 0 aliphatic carbocycles. The molecule has 0 aromatic heterocycles. The van der Waals surface area contributed by atoms with Crippen molar-refractivity contribution in [3.05, 3.63) is 88.0 Å². The van der Waals surface area contributed by atoms with E-state index in [1.807, 2.05) is 0 Å². The molecule has 1 aliphatic heterocycles. The fraction of sp³-hybridized carbons (Fsp3) is 0.0833. The standard InChI is InChI=1S/C24H16BrF3N2O5/c25-16-12-21-20(33-13-34-21)11-15(16)10-18(30-22(31)14-6-2-1-3-7-14)23(32)29-17-8-4-5-9-19(17)35-24(26,27)28/h1-12H,13H2,(H,29,32)(H,30,31)/b18-10+. The molecule has 7 nitrogen and oxygen atoms in total. The maximum Gasteiger partial charge on any atom is 0.573 e. The van der Waals surface area contributed by atoms with Gasteiger partial charge in [-0.1, -0.05) is 46.3 Å². The Kier molecular flexibility index (Phi) is 6.97. The van der Waals surface area contributed by atoms with E-state index in [9.17, 15) is 22.8 Å². The minimum absolute atomic E-state index is 0.0308. The van der Waals surface area contributed by atoms with Crippen molar-refractivity contribution in [1.29, 1.82) is 0 Å². The summed E-state index contributed by atoms with van der Waals surface area (Å²) in [7, 11) is 0. The Morgan fingerprint density at radius 3 is 2.34 bits per heavy atom. The Labute approximate surface area is 205 Å². The van der Waals surface area contributed by atoms with Crippen LogP contribution in [0.2, 0.25) is 0 Å². The number of amides is 2. The van der Waals surface area contributed by atoms with Gasteiger partial charge in [-0.15, -0.1) is 13.2 Å². The van der Waals surface area contributed by atoms with Gasteiger partial charge < -0.3 is 24.8 Å². The predicted molar refractivity (Wildman–Crippen MR) is 124 cm³/mol. The van der Waals surface area contributed by atoms with E-state index in [0.29, 0.717) is 21.5 Å². The number of ether oxygens (including phenoxy) is 3. The molecule has 0 bridgehead atoms. The van der Waals surface area contributed by atoms with Crippen molar-refractivity contribution in [2.24, 2.45) is 0 Å². The molecular weight excluding hydrogens is 533 g/mol. The van der Waals surface area contributed by atoms with Crippen LogP contribution in [-0.2, 0) is 4.79 Å². The summed E-state index contributed by atoms with van der Waals surface area (Å²) < 4.78 is 53.6. The van der Waals surface area contributed by atoms with Crippen LogP contribution in [0.15, 0.2) is 76.9 Å². The largest absolute Gasteiger partial charge is 0.573 e. The first-order valence-electron chi connectivity index (χ1n) is 10.0. The first kappa shape index (κ1) is 24.1. The van der Waals surface area contributed by atoms with Crippen LogP contribution in [0, 0.1) is 0 Å². The Balaban J connectivity index is 1.68. The third kappa shape index (κ3) is 6.12. The molecule has 0 saturated carbocycles. The fourth-order valence-corrected chi connectivity index (χ4v) is 3.55. The highest BCUT2D eigenvalue weighted by Gasteiger charge is 2.32. The molecule has 2 N–H and O–H groups in total. The van der Waals surface area contributed by atoms with Gasteiger partial charge in [0.2, 0.25) is 6.79 Å². The first-order valence-corrected chi connectivity index (χ1v) is 10.8. The Morgan fingerprint density at radius 2 is 1.63 bits per heavy atom. The molecule has 35 heavy (non-hydrogen) atoms. The zero-order chi connectivity index (χ0) is 25.0. The minimum Gasteiger partial charge on any atom is -0.454 e. The van der Waals surface area contributed by atoms with Gasteiger partial charge in [0.25, 0.3) is 11.8 Å². The number of fused-ring (bicyclic) bond motifs is 1. The first-order chi connectivity index (χ1) is 16.7. The zero-order valence-corrected chi connectivity index (χ0v) is 19.3. The number of para-hydroxylation sites is 2. The number of anilines is 1. The van der Waals surface area contributed by atoms with Crippen LogP contribution in [0.4, 0.5) is 18.9 Å². The summed E-state index contributed by atoms with van der Waals surface area (Å²) in [4.78, 5) is 25.9. The number of alkyl halides is 3. The predicted octanol–water partition coefficient (Wildman–Crippen LogP) is 5.49. The van der Waals surface area contributed by atoms with Crippen LogP contribution in [-0.4, -0.2) is 25.0 Å². The second kappa shape index (κ2) is 10.1. The van der Waals surface area contributed by atoms with Crippen LogP contribution in [0.1, 0.15) is 15.9 Å². The van der Waals surface area contributed by atoms with Gasteiger partial charge >= 0.3 is 6.36 Å². The van der Waals surface area contributed by atoms with Crippen molar-refractivity contribution < 1.29 is 37.0 Å². The topological polar surface area (TPSA) is 85.9 Å². The monoisotopic (exact) mass is 548 g/mol. The molecule has 11 heteroatoms. The van der Waals surface area contributed by atoms with Crippen LogP contribution >= 0.6 is 15.9 Å². The lowest BCUT2D eigenvalue weighted by molar-refractivity contribution is -0.274. The normalized spacial score (nSPS) is 12.7. The lowest BCUT2D eigenvalue weighted by Gasteiger charge is -2.15. The second-order valence-corrected chi connectivity index (χ2v) is 7.96. The number of benzene rings is 3. The maximum absolute atomic E-state index is 13.1. The van der Waals surface area contributed by atoms with Gasteiger partial charge in [0.05, 0.1) is 5.69 Å². The molecule has 1 heterocycles. The van der Waals surface area contributed by atoms with Gasteiger partial charge in [-0.2, -0.15) is 0 Å². The van der Waals surface area contributed by atoms with Gasteiger partial charge in [0.15, 0.2) is 17.2 Å². The molecule has 3 aromatic carbocycles. The third-order valence-electron chi connectivity index (χ3n) is 4.68. The van der Waals surface area contributed by atoms with E-state index < -0.39 is 23.9 Å². The highest BCUT2D eigenvalue weighted by atomic mass is 79.9. The quantitative estimate of drug-likeness (QED) is 0.398. The van der Waals surface area contributed by atoms with E-state index >= 15 is 0 Å². The summed E-state index contributed by atoms with van der Waals surface area (Å²) in [5.74, 6) is -1.16. The lowest BCUT2D eigenvalue weighted by atomic mass is 10.1. The van der Waals surface area contributed by atoms with E-state index in [1.165, 1.54) is 24.3 Å². The van der Waals surface area contributed by atoms with E-state index in [-0.39, 0.29) is 23.7 Å². The molecule has 4 rings (SSSR count). The summed E-state index contributed by atoms with van der Waals surface area (Å²) in [5.41, 5.74) is 0.254. The van der Waals surface area contributed by atoms with Gasteiger partial charge in [0.1, 0.15) is 5.70 Å². The smallest absolute Gasteiger partial charge is 0.454 e. The Morgan fingerprint density at radius 1 is 0.971 bits per heavy atom. The minimum atomic E-state index is -4.96. The second-order valence-electron chi connectivity index (χ2n) is 7.10. The van der Waals surface area contributed by atoms with E-state index in [1.54, 1.807) is 42.5 Å². The van der Waals surface area contributed by atoms with Crippen molar-refractivity contribution in [2.75, 3.05) is 12.1 Å². The molecule has 0 spiro atoms. The average Bonchev–Trinajstić information content (AvgIpc) is 3.26. The van der Waals surface area contributed by atoms with Crippen molar-refractivity contribution in [3.8, 4) is 17.2 Å². The number of rotatable bonds is 6. The number of halogens is 4. The molecule has 2 amide bonds. The SMILES string of the molecule is O=C(Nc1ccccc1OC(F)(F)F)/C(=C\c1cc2c(cc1Br)OCO2)NC(=O)c1ccccc1. The van der Waals surface area contributed by atoms with Crippen LogP contribution in [0.3, 0.4) is 0 Å². The molecule has 0 radical (unpaired) electrons. The average molecular weight is 549 g/mol. The Bertz CT molecular complexity index is 1300. The van der Waals surface area contributed by atoms with Crippen LogP contribution in [0.25, 0.3) is 6.08 Å². The molecular formula is C24H16BrF3N2O5. The van der Waals surface area contributed by atoms with Gasteiger partial charge in [-0.3, -0.25) is 9.59 Å².